The lowest BCUT2D eigenvalue weighted by Gasteiger charge is -2.00. The Morgan fingerprint density at radius 1 is 0.508 bits per heavy atom. The maximum Gasteiger partial charge on any atom is 0.214 e. The Labute approximate surface area is 365 Å². The smallest absolute Gasteiger partial charge is 0.214 e. The fraction of sp³-hybridized carbons (Fsp3) is 0.120. The van der Waals surface area contributed by atoms with E-state index in [2.05, 4.69) is 89.7 Å². The van der Waals surface area contributed by atoms with Crippen molar-refractivity contribution < 1.29 is 8.78 Å². The van der Waals surface area contributed by atoms with Gasteiger partial charge in [-0.2, -0.15) is 4.39 Å². The van der Waals surface area contributed by atoms with Crippen LogP contribution >= 0.6 is 34.3 Å². The van der Waals surface area contributed by atoms with Crippen molar-refractivity contribution in [1.82, 2.24) is 29.9 Å². The molecule has 0 bridgehead atoms. The van der Waals surface area contributed by atoms with Gasteiger partial charge in [0.15, 0.2) is 0 Å². The van der Waals surface area contributed by atoms with Gasteiger partial charge in [0, 0.05) is 62.0 Å². The van der Waals surface area contributed by atoms with E-state index in [0.29, 0.717) is 40.2 Å². The van der Waals surface area contributed by atoms with Crippen LogP contribution in [-0.4, -0.2) is 29.9 Å². The maximum absolute atomic E-state index is 13.6. The molecule has 0 amide bonds. The molecule has 6 heterocycles. The molecule has 0 saturated heterocycles. The van der Waals surface area contributed by atoms with Crippen molar-refractivity contribution >= 4 is 65.6 Å². The Morgan fingerprint density at radius 2 is 1.13 bits per heavy atom. The molecule has 61 heavy (non-hydrogen) atoms. The summed E-state index contributed by atoms with van der Waals surface area (Å²) in [6.07, 6.45) is 7.95. The number of hydrogen-bond donors (Lipinski definition) is 0. The van der Waals surface area contributed by atoms with Crippen LogP contribution in [0.3, 0.4) is 0 Å². The van der Waals surface area contributed by atoms with Crippen LogP contribution < -0.4 is 0 Å². The molecule has 0 atom stereocenters. The minimum absolute atomic E-state index is 0.337. The van der Waals surface area contributed by atoms with Gasteiger partial charge in [0.2, 0.25) is 5.95 Å². The standard InChI is InChI=1S/C18H14N2.C16H10ClFN2S.C16H11FN2S/c1-4-11-18-15(7-1)12-13-17(20-18)10-3-2-8-16-9-5-6-14-19-16;17-12-8-9-13(18)15-16(12)21-14(20-15)7-2-1-5-11-6-3-4-10-19-11;17-15-10-5-7-12(18-15)6-1-4-11-16-19-13-8-2-3-9-14(13)20-16/h1,4-7,9,11-14H,3,10H2;3-4,6,8-10H,2,7H2;2-3,5,7-10H,4,11H2. The summed E-state index contributed by atoms with van der Waals surface area (Å²) in [7, 11) is 0. The molecule has 0 aliphatic rings. The first kappa shape index (κ1) is 42.3. The Hall–Kier alpha value is -6.87. The van der Waals surface area contributed by atoms with Gasteiger partial charge in [0.05, 0.1) is 35.5 Å². The highest BCUT2D eigenvalue weighted by Gasteiger charge is 2.11. The SMILES string of the molecule is C(#Cc1ccccn1)CCc1ccc2ccccc2n1.Fc1ccc(Cl)c2sc(CCC#Cc3ccccn3)nc12.Fc1cccc(C#CCCc2nc3ccccc3s2)n1. The number of aromatic nitrogens is 6. The van der Waals surface area contributed by atoms with E-state index in [1.807, 2.05) is 72.8 Å². The first-order valence-corrected chi connectivity index (χ1v) is 21.3. The molecule has 0 saturated carbocycles. The van der Waals surface area contributed by atoms with E-state index in [-0.39, 0.29) is 5.82 Å². The van der Waals surface area contributed by atoms with Crippen molar-refractivity contribution in [3.05, 3.63) is 189 Å². The van der Waals surface area contributed by atoms with Gasteiger partial charge in [-0.05, 0) is 90.6 Å². The lowest BCUT2D eigenvalue weighted by molar-refractivity contribution is 0.582. The van der Waals surface area contributed by atoms with Crippen LogP contribution in [0.1, 0.15) is 52.1 Å². The zero-order valence-corrected chi connectivity index (χ0v) is 35.0. The Balaban J connectivity index is 0.000000138. The number of nitrogens with zero attached hydrogens (tertiary/aromatic N) is 6. The summed E-state index contributed by atoms with van der Waals surface area (Å²) in [5, 5.41) is 3.63. The number of pyridine rings is 4. The molecule has 9 aromatic rings. The summed E-state index contributed by atoms with van der Waals surface area (Å²) in [6.45, 7) is 0. The molecule has 0 radical (unpaired) electrons. The number of halogens is 3. The van der Waals surface area contributed by atoms with Gasteiger partial charge in [-0.1, -0.05) is 84.0 Å². The molecule has 0 spiro atoms. The highest BCUT2D eigenvalue weighted by molar-refractivity contribution is 7.19. The van der Waals surface area contributed by atoms with Gasteiger partial charge in [0.1, 0.15) is 28.4 Å². The fourth-order valence-corrected chi connectivity index (χ4v) is 7.93. The van der Waals surface area contributed by atoms with Crippen molar-refractivity contribution in [2.45, 2.75) is 38.5 Å². The Bertz CT molecular complexity index is 2990. The van der Waals surface area contributed by atoms with Crippen molar-refractivity contribution in [1.29, 1.82) is 0 Å². The van der Waals surface area contributed by atoms with Crippen molar-refractivity contribution in [2.75, 3.05) is 0 Å². The van der Waals surface area contributed by atoms with Crippen molar-refractivity contribution in [2.24, 2.45) is 0 Å². The first-order chi connectivity index (χ1) is 30.0. The van der Waals surface area contributed by atoms with Crippen molar-refractivity contribution in [3.63, 3.8) is 0 Å². The van der Waals surface area contributed by atoms with Crippen LogP contribution in [0.4, 0.5) is 8.78 Å². The second kappa shape index (κ2) is 21.9. The Morgan fingerprint density at radius 3 is 1.80 bits per heavy atom. The number of thiazole rings is 2. The second-order valence-corrected chi connectivity index (χ2v) is 15.7. The maximum atomic E-state index is 13.6. The van der Waals surface area contributed by atoms with E-state index < -0.39 is 5.95 Å². The number of para-hydroxylation sites is 2. The van der Waals surface area contributed by atoms with E-state index in [1.54, 1.807) is 41.9 Å². The third-order valence-electron chi connectivity index (χ3n) is 8.61. The Kier molecular flexibility index (Phi) is 15.2. The van der Waals surface area contributed by atoms with Crippen LogP contribution in [0, 0.1) is 47.3 Å². The molecular formula is C50H35ClF2N6S2. The summed E-state index contributed by atoms with van der Waals surface area (Å²) in [5.74, 6) is 17.3. The molecule has 3 aromatic carbocycles. The van der Waals surface area contributed by atoms with Gasteiger partial charge in [-0.15, -0.1) is 22.7 Å². The van der Waals surface area contributed by atoms with Gasteiger partial charge in [-0.3, -0.25) is 4.98 Å². The van der Waals surface area contributed by atoms with E-state index in [1.165, 1.54) is 33.6 Å². The number of fused-ring (bicyclic) bond motifs is 3. The average molecular weight is 857 g/mol. The average Bonchev–Trinajstić information content (AvgIpc) is 3.93. The normalized spacial score (nSPS) is 10.2. The molecule has 6 aromatic heterocycles. The zero-order chi connectivity index (χ0) is 42.1. The number of benzene rings is 3. The minimum atomic E-state index is -0.497. The molecule has 0 unspecified atom stereocenters. The molecule has 298 valence electrons. The molecule has 6 nitrogen and oxygen atoms in total. The van der Waals surface area contributed by atoms with E-state index in [0.717, 1.165) is 57.4 Å². The van der Waals surface area contributed by atoms with Gasteiger partial charge in [0.25, 0.3) is 0 Å². The lowest BCUT2D eigenvalue weighted by Crippen LogP contribution is -1.90. The molecule has 0 aliphatic carbocycles. The van der Waals surface area contributed by atoms with E-state index in [4.69, 9.17) is 11.6 Å². The summed E-state index contributed by atoms with van der Waals surface area (Å²) < 4.78 is 28.4. The van der Waals surface area contributed by atoms with Gasteiger partial charge < -0.3 is 0 Å². The fourth-order valence-electron chi connectivity index (χ4n) is 5.71. The monoisotopic (exact) mass is 856 g/mol. The predicted octanol–water partition coefficient (Wildman–Crippen LogP) is 11.9. The largest absolute Gasteiger partial charge is 0.253 e. The van der Waals surface area contributed by atoms with Crippen LogP contribution in [0.2, 0.25) is 5.02 Å². The number of hydrogen-bond acceptors (Lipinski definition) is 8. The molecule has 0 aliphatic heterocycles. The highest BCUT2D eigenvalue weighted by atomic mass is 35.5. The summed E-state index contributed by atoms with van der Waals surface area (Å²) in [5.41, 5.74) is 5.54. The second-order valence-electron chi connectivity index (χ2n) is 13.1. The minimum Gasteiger partial charge on any atom is -0.253 e. The molecule has 9 rings (SSSR count). The van der Waals surface area contributed by atoms with Crippen LogP contribution in [0.25, 0.3) is 31.3 Å². The molecule has 0 N–H and O–H groups in total. The third kappa shape index (κ3) is 12.8. The van der Waals surface area contributed by atoms with Crippen molar-refractivity contribution in [3.8, 4) is 35.5 Å². The zero-order valence-electron chi connectivity index (χ0n) is 32.7. The number of rotatable bonds is 6. The van der Waals surface area contributed by atoms with Crippen LogP contribution in [-0.2, 0) is 19.3 Å². The van der Waals surface area contributed by atoms with Gasteiger partial charge >= 0.3 is 0 Å². The van der Waals surface area contributed by atoms with Gasteiger partial charge in [-0.25, -0.2) is 29.3 Å². The molecule has 11 heteroatoms. The van der Waals surface area contributed by atoms with E-state index >= 15 is 0 Å². The highest BCUT2D eigenvalue weighted by Crippen LogP contribution is 2.31. The molecule has 0 fully saturated rings. The van der Waals surface area contributed by atoms with E-state index in [9.17, 15) is 8.78 Å². The lowest BCUT2D eigenvalue weighted by atomic mass is 10.1. The summed E-state index contributed by atoms with van der Waals surface area (Å²) in [6, 6.07) is 39.3. The summed E-state index contributed by atoms with van der Waals surface area (Å²) in [4.78, 5) is 25.5. The quantitative estimate of drug-likeness (QED) is 0.122. The summed E-state index contributed by atoms with van der Waals surface area (Å²) >= 11 is 9.16. The third-order valence-corrected chi connectivity index (χ3v) is 11.3. The molecular weight excluding hydrogens is 822 g/mol. The predicted molar refractivity (Wildman–Crippen MR) is 244 cm³/mol. The number of aryl methyl sites for hydroxylation is 3. The topological polar surface area (TPSA) is 77.3 Å². The van der Waals surface area contributed by atoms with Crippen LogP contribution in [0.15, 0.2) is 140 Å². The van der Waals surface area contributed by atoms with Crippen LogP contribution in [0.5, 0.6) is 0 Å². The first-order valence-electron chi connectivity index (χ1n) is 19.3.